The lowest BCUT2D eigenvalue weighted by Gasteiger charge is -2.35. The molecule has 1 aliphatic rings. The quantitative estimate of drug-likeness (QED) is 0.392. The SMILES string of the molecule is Cc1cc(Nc2cc(C(F)F)ccn2)nc(-c2cnc(C(C)(O)C3CCC(C(=O)O)CC3)s2)c1. The Morgan fingerprint density at radius 3 is 2.59 bits per heavy atom. The Bertz CT molecular complexity index is 1180. The minimum atomic E-state index is -2.59. The lowest BCUT2D eigenvalue weighted by molar-refractivity contribution is -0.144. The van der Waals surface area contributed by atoms with Gasteiger partial charge >= 0.3 is 5.97 Å². The van der Waals surface area contributed by atoms with Crippen LogP contribution in [0, 0.1) is 18.8 Å². The van der Waals surface area contributed by atoms with E-state index in [4.69, 9.17) is 0 Å². The summed E-state index contributed by atoms with van der Waals surface area (Å²) >= 11 is 1.34. The topological polar surface area (TPSA) is 108 Å². The molecule has 1 unspecified atom stereocenters. The summed E-state index contributed by atoms with van der Waals surface area (Å²) in [7, 11) is 0. The molecule has 3 N–H and O–H groups in total. The number of anilines is 2. The van der Waals surface area contributed by atoms with Crippen molar-refractivity contribution in [3.63, 3.8) is 0 Å². The van der Waals surface area contributed by atoms with Gasteiger partial charge in [0.1, 0.15) is 22.2 Å². The predicted molar refractivity (Wildman–Crippen MR) is 125 cm³/mol. The Balaban J connectivity index is 1.54. The number of halogens is 2. The Hall–Kier alpha value is -2.98. The highest BCUT2D eigenvalue weighted by atomic mass is 32.1. The molecule has 1 atom stereocenters. The molecule has 34 heavy (non-hydrogen) atoms. The number of aryl methyl sites for hydroxylation is 1. The van der Waals surface area contributed by atoms with E-state index in [0.717, 1.165) is 10.4 Å². The maximum absolute atomic E-state index is 13.0. The second-order valence-electron chi connectivity index (χ2n) is 8.88. The molecule has 0 bridgehead atoms. The van der Waals surface area contributed by atoms with Crippen molar-refractivity contribution in [2.24, 2.45) is 11.8 Å². The van der Waals surface area contributed by atoms with E-state index >= 15 is 0 Å². The Morgan fingerprint density at radius 2 is 1.91 bits per heavy atom. The third-order valence-corrected chi connectivity index (χ3v) is 7.57. The molecular weight excluding hydrogens is 462 g/mol. The number of alkyl halides is 2. The Morgan fingerprint density at radius 1 is 1.18 bits per heavy atom. The number of carboxylic acids is 1. The molecule has 1 fully saturated rings. The summed E-state index contributed by atoms with van der Waals surface area (Å²) in [5.41, 5.74) is 0.252. The van der Waals surface area contributed by atoms with Crippen molar-refractivity contribution in [1.29, 1.82) is 0 Å². The number of nitrogens with zero attached hydrogens (tertiary/aromatic N) is 3. The molecule has 1 aliphatic carbocycles. The molecule has 0 saturated heterocycles. The summed E-state index contributed by atoms with van der Waals surface area (Å²) in [6.07, 6.45) is 2.74. The number of carbonyl (C=O) groups is 1. The average Bonchev–Trinajstić information content (AvgIpc) is 3.30. The molecule has 1 saturated carbocycles. The lowest BCUT2D eigenvalue weighted by Crippen LogP contribution is -2.35. The maximum Gasteiger partial charge on any atom is 0.306 e. The largest absolute Gasteiger partial charge is 0.481 e. The number of pyridine rings is 2. The molecule has 3 aromatic rings. The van der Waals surface area contributed by atoms with Gasteiger partial charge in [0.2, 0.25) is 0 Å². The molecule has 10 heteroatoms. The molecular formula is C24H26F2N4O3S. The summed E-state index contributed by atoms with van der Waals surface area (Å²) in [6.45, 7) is 3.64. The van der Waals surface area contributed by atoms with Crippen LogP contribution in [0.5, 0.6) is 0 Å². The zero-order valence-electron chi connectivity index (χ0n) is 18.8. The van der Waals surface area contributed by atoms with Gasteiger partial charge in [0.25, 0.3) is 6.43 Å². The molecule has 0 radical (unpaired) electrons. The molecule has 0 aliphatic heterocycles. The van der Waals surface area contributed by atoms with Crippen LogP contribution in [-0.2, 0) is 10.4 Å². The van der Waals surface area contributed by atoms with Gasteiger partial charge in [0, 0.05) is 18.0 Å². The molecule has 3 heterocycles. The van der Waals surface area contributed by atoms with E-state index in [1.165, 1.54) is 29.7 Å². The molecule has 7 nitrogen and oxygen atoms in total. The van der Waals surface area contributed by atoms with E-state index in [0.29, 0.717) is 42.2 Å². The minimum absolute atomic E-state index is 0.0713. The highest BCUT2D eigenvalue weighted by molar-refractivity contribution is 7.15. The van der Waals surface area contributed by atoms with Gasteiger partial charge in [0.15, 0.2) is 0 Å². The van der Waals surface area contributed by atoms with Crippen LogP contribution >= 0.6 is 11.3 Å². The van der Waals surface area contributed by atoms with Crippen molar-refractivity contribution < 1.29 is 23.8 Å². The maximum atomic E-state index is 13.0. The van der Waals surface area contributed by atoms with Crippen molar-refractivity contribution in [1.82, 2.24) is 15.0 Å². The fraction of sp³-hybridized carbons (Fsp3) is 0.417. The van der Waals surface area contributed by atoms with E-state index in [9.17, 15) is 23.8 Å². The second kappa shape index (κ2) is 9.71. The van der Waals surface area contributed by atoms with Crippen LogP contribution in [0.2, 0.25) is 0 Å². The van der Waals surface area contributed by atoms with Gasteiger partial charge in [-0.05, 0) is 75.3 Å². The third-order valence-electron chi connectivity index (χ3n) is 6.32. The minimum Gasteiger partial charge on any atom is -0.481 e. The highest BCUT2D eigenvalue weighted by Crippen LogP contribution is 2.43. The molecule has 4 rings (SSSR count). The standard InChI is InChI=1S/C24H26F2N4O3S/c1-13-9-17(29-20(10-13)30-19-11-15(21(25)26)7-8-27-19)18-12-28-23(34-18)24(2,33)16-5-3-14(4-6-16)22(31)32/h7-12,14,16,21,33H,3-6H2,1-2H3,(H,31,32)(H,27,29,30). The van der Waals surface area contributed by atoms with Gasteiger partial charge in [-0.3, -0.25) is 4.79 Å². The van der Waals surface area contributed by atoms with Crippen LogP contribution in [0.15, 0.2) is 36.7 Å². The monoisotopic (exact) mass is 488 g/mol. The summed E-state index contributed by atoms with van der Waals surface area (Å²) in [4.78, 5) is 25.1. The van der Waals surface area contributed by atoms with E-state index < -0.39 is 18.0 Å². The van der Waals surface area contributed by atoms with Gasteiger partial charge in [0.05, 0.1) is 16.5 Å². The van der Waals surface area contributed by atoms with Gasteiger partial charge in [-0.1, -0.05) is 0 Å². The van der Waals surface area contributed by atoms with Gasteiger partial charge in [-0.15, -0.1) is 11.3 Å². The van der Waals surface area contributed by atoms with Gasteiger partial charge in [-0.25, -0.2) is 23.7 Å². The van der Waals surface area contributed by atoms with E-state index in [-0.39, 0.29) is 23.2 Å². The first-order valence-electron chi connectivity index (χ1n) is 11.0. The Labute approximate surface area is 199 Å². The van der Waals surface area contributed by atoms with Crippen molar-refractivity contribution in [2.75, 3.05) is 5.32 Å². The number of rotatable bonds is 7. The van der Waals surface area contributed by atoms with Crippen LogP contribution in [0.3, 0.4) is 0 Å². The van der Waals surface area contributed by atoms with Crippen molar-refractivity contribution in [3.8, 4) is 10.6 Å². The number of thiazole rings is 1. The van der Waals surface area contributed by atoms with Crippen molar-refractivity contribution in [2.45, 2.75) is 51.6 Å². The second-order valence-corrected chi connectivity index (χ2v) is 9.91. The molecule has 180 valence electrons. The number of hydrogen-bond acceptors (Lipinski definition) is 7. The Kier molecular flexibility index (Phi) is 6.90. The van der Waals surface area contributed by atoms with Crippen LogP contribution in [-0.4, -0.2) is 31.1 Å². The molecule has 3 aromatic heterocycles. The summed E-state index contributed by atoms with van der Waals surface area (Å²) < 4.78 is 26.0. The smallest absolute Gasteiger partial charge is 0.306 e. The highest BCUT2D eigenvalue weighted by Gasteiger charge is 2.40. The van der Waals surface area contributed by atoms with Crippen LogP contribution in [0.4, 0.5) is 20.4 Å². The summed E-state index contributed by atoms with van der Waals surface area (Å²) in [6, 6.07) is 6.23. The van der Waals surface area contributed by atoms with Crippen molar-refractivity contribution in [3.05, 3.63) is 52.8 Å². The van der Waals surface area contributed by atoms with Gasteiger partial charge in [-0.2, -0.15) is 0 Å². The first-order chi connectivity index (χ1) is 16.1. The molecule has 0 amide bonds. The summed E-state index contributed by atoms with van der Waals surface area (Å²) in [5, 5.41) is 24.0. The van der Waals surface area contributed by atoms with E-state index in [1.807, 2.05) is 13.0 Å². The molecule has 0 spiro atoms. The molecule has 0 aromatic carbocycles. The fourth-order valence-corrected chi connectivity index (χ4v) is 5.34. The number of aromatic nitrogens is 3. The first-order valence-corrected chi connectivity index (χ1v) is 11.9. The number of nitrogens with one attached hydrogen (secondary N) is 1. The predicted octanol–water partition coefficient (Wildman–Crippen LogP) is 5.69. The summed E-state index contributed by atoms with van der Waals surface area (Å²) in [5.74, 6) is -0.467. The van der Waals surface area contributed by atoms with Crippen LogP contribution < -0.4 is 5.32 Å². The van der Waals surface area contributed by atoms with E-state index in [1.54, 1.807) is 19.2 Å². The number of aliphatic hydroxyl groups is 1. The van der Waals surface area contributed by atoms with Gasteiger partial charge < -0.3 is 15.5 Å². The zero-order chi connectivity index (χ0) is 24.5. The fourth-order valence-electron chi connectivity index (χ4n) is 4.34. The number of aliphatic carboxylic acids is 1. The third kappa shape index (κ3) is 5.23. The van der Waals surface area contributed by atoms with Crippen LogP contribution in [0.1, 0.15) is 55.2 Å². The normalized spacial score (nSPS) is 20.2. The van der Waals surface area contributed by atoms with E-state index in [2.05, 4.69) is 20.3 Å². The first kappa shape index (κ1) is 24.2. The average molecular weight is 489 g/mol. The van der Waals surface area contributed by atoms with Crippen LogP contribution in [0.25, 0.3) is 10.6 Å². The number of hydrogen-bond donors (Lipinski definition) is 3. The lowest BCUT2D eigenvalue weighted by atomic mass is 9.74. The van der Waals surface area contributed by atoms with Crippen molar-refractivity contribution >= 4 is 28.9 Å². The number of carboxylic acid groups (broad SMARTS) is 1. The zero-order valence-corrected chi connectivity index (χ0v) is 19.6.